The lowest BCUT2D eigenvalue weighted by molar-refractivity contribution is -0.124. The molecule has 0 heterocycles. The summed E-state index contributed by atoms with van der Waals surface area (Å²) in [5.74, 6) is -1.56. The number of amides is 1. The second kappa shape index (κ2) is 10.0. The Labute approximate surface area is 169 Å². The van der Waals surface area contributed by atoms with Crippen molar-refractivity contribution in [3.05, 3.63) is 59.2 Å². The van der Waals surface area contributed by atoms with Gasteiger partial charge in [-0.15, -0.1) is 0 Å². The lowest BCUT2D eigenvalue weighted by Crippen LogP contribution is -2.31. The standard InChI is InChI=1S/C20H23NO7S/c1-14-8-9-15(2)18(12-14)29(24,25)28-17-7-5-4-6-16(17)20(23)27-13-19(22)21-10-11-26-3/h4-9,12H,10-11,13H2,1-3H3,(H,21,22). The normalized spacial score (nSPS) is 11.0. The second-order valence-corrected chi connectivity index (χ2v) is 7.74. The van der Waals surface area contributed by atoms with E-state index in [1.54, 1.807) is 26.0 Å². The van der Waals surface area contributed by atoms with Crippen LogP contribution in [0.25, 0.3) is 0 Å². The molecule has 2 rings (SSSR count). The zero-order valence-corrected chi connectivity index (χ0v) is 17.2. The van der Waals surface area contributed by atoms with E-state index in [4.69, 9.17) is 13.7 Å². The van der Waals surface area contributed by atoms with Crippen molar-refractivity contribution in [2.24, 2.45) is 0 Å². The molecule has 8 nitrogen and oxygen atoms in total. The van der Waals surface area contributed by atoms with E-state index in [9.17, 15) is 18.0 Å². The number of rotatable bonds is 9. The minimum Gasteiger partial charge on any atom is -0.452 e. The maximum Gasteiger partial charge on any atom is 0.342 e. The Balaban J connectivity index is 2.15. The summed E-state index contributed by atoms with van der Waals surface area (Å²) in [6.07, 6.45) is 0. The van der Waals surface area contributed by atoms with Gasteiger partial charge in [0.2, 0.25) is 0 Å². The minimum absolute atomic E-state index is 0.0122. The molecule has 0 spiro atoms. The highest BCUT2D eigenvalue weighted by Crippen LogP contribution is 2.25. The number of esters is 1. The van der Waals surface area contributed by atoms with Gasteiger partial charge in [0.15, 0.2) is 12.4 Å². The van der Waals surface area contributed by atoms with Gasteiger partial charge in [0.05, 0.1) is 6.61 Å². The number of benzene rings is 2. The molecule has 29 heavy (non-hydrogen) atoms. The molecule has 9 heteroatoms. The van der Waals surface area contributed by atoms with Crippen molar-refractivity contribution in [2.45, 2.75) is 18.7 Å². The number of hydrogen-bond donors (Lipinski definition) is 1. The summed E-state index contributed by atoms with van der Waals surface area (Å²) in [5, 5.41) is 2.51. The average Bonchev–Trinajstić information content (AvgIpc) is 2.68. The molecule has 0 radical (unpaired) electrons. The predicted molar refractivity (Wildman–Crippen MR) is 105 cm³/mol. The highest BCUT2D eigenvalue weighted by atomic mass is 32.2. The quantitative estimate of drug-likeness (QED) is 0.375. The molecule has 0 aliphatic heterocycles. The van der Waals surface area contributed by atoms with Gasteiger partial charge in [-0.3, -0.25) is 4.79 Å². The Morgan fingerprint density at radius 3 is 2.52 bits per heavy atom. The Hall–Kier alpha value is -2.91. The maximum absolute atomic E-state index is 12.7. The summed E-state index contributed by atoms with van der Waals surface area (Å²) in [7, 11) is -2.67. The van der Waals surface area contributed by atoms with Crippen molar-refractivity contribution in [2.75, 3.05) is 26.9 Å². The maximum atomic E-state index is 12.7. The lowest BCUT2D eigenvalue weighted by atomic mass is 10.2. The van der Waals surface area contributed by atoms with Crippen LogP contribution >= 0.6 is 0 Å². The van der Waals surface area contributed by atoms with Crippen molar-refractivity contribution < 1.29 is 31.7 Å². The van der Waals surface area contributed by atoms with Crippen molar-refractivity contribution in [1.82, 2.24) is 5.32 Å². The summed E-state index contributed by atoms with van der Waals surface area (Å²) in [6, 6.07) is 10.7. The van der Waals surface area contributed by atoms with Crippen LogP contribution in [0.5, 0.6) is 5.75 Å². The van der Waals surface area contributed by atoms with Gasteiger partial charge in [0.1, 0.15) is 10.5 Å². The third kappa shape index (κ3) is 6.30. The number of nitrogens with one attached hydrogen (secondary N) is 1. The highest BCUT2D eigenvalue weighted by Gasteiger charge is 2.23. The Morgan fingerprint density at radius 1 is 1.07 bits per heavy atom. The van der Waals surface area contributed by atoms with Crippen LogP contribution in [0.2, 0.25) is 0 Å². The zero-order valence-electron chi connectivity index (χ0n) is 16.4. The number of hydrogen-bond acceptors (Lipinski definition) is 7. The van der Waals surface area contributed by atoms with Gasteiger partial charge >= 0.3 is 16.1 Å². The Morgan fingerprint density at radius 2 is 1.79 bits per heavy atom. The SMILES string of the molecule is COCCNC(=O)COC(=O)c1ccccc1OS(=O)(=O)c1cc(C)ccc1C. The first-order valence-corrected chi connectivity index (χ1v) is 10.2. The molecule has 0 bridgehead atoms. The number of methoxy groups -OCH3 is 1. The molecule has 2 aromatic rings. The summed E-state index contributed by atoms with van der Waals surface area (Å²) in [4.78, 5) is 24.0. The van der Waals surface area contributed by atoms with Crippen LogP contribution in [-0.4, -0.2) is 47.2 Å². The first-order chi connectivity index (χ1) is 13.7. The Bertz CT molecular complexity index is 986. The number of carbonyl (C=O) groups is 2. The van der Waals surface area contributed by atoms with Crippen LogP contribution in [0.1, 0.15) is 21.5 Å². The smallest absolute Gasteiger partial charge is 0.342 e. The molecule has 0 saturated carbocycles. The number of aryl methyl sites for hydroxylation is 2. The molecule has 1 amide bonds. The molecule has 2 aromatic carbocycles. The molecule has 0 unspecified atom stereocenters. The third-order valence-electron chi connectivity index (χ3n) is 3.88. The fourth-order valence-electron chi connectivity index (χ4n) is 2.40. The fourth-order valence-corrected chi connectivity index (χ4v) is 3.66. The molecular weight excluding hydrogens is 398 g/mol. The van der Waals surface area contributed by atoms with E-state index < -0.39 is 28.6 Å². The van der Waals surface area contributed by atoms with Crippen molar-refractivity contribution in [1.29, 1.82) is 0 Å². The highest BCUT2D eigenvalue weighted by molar-refractivity contribution is 7.87. The van der Waals surface area contributed by atoms with E-state index in [0.717, 1.165) is 5.56 Å². The number of para-hydroxylation sites is 1. The van der Waals surface area contributed by atoms with Gasteiger partial charge in [-0.25, -0.2) is 4.79 Å². The van der Waals surface area contributed by atoms with E-state index in [0.29, 0.717) is 12.2 Å². The first kappa shape index (κ1) is 22.4. The Kier molecular flexibility index (Phi) is 7.74. The van der Waals surface area contributed by atoms with Crippen LogP contribution in [0.15, 0.2) is 47.4 Å². The molecule has 156 valence electrons. The topological polar surface area (TPSA) is 108 Å². The van der Waals surface area contributed by atoms with E-state index in [1.807, 2.05) is 0 Å². The van der Waals surface area contributed by atoms with Crippen LogP contribution < -0.4 is 9.50 Å². The summed E-state index contributed by atoms with van der Waals surface area (Å²) >= 11 is 0. The van der Waals surface area contributed by atoms with Gasteiger partial charge in [-0.1, -0.05) is 24.3 Å². The monoisotopic (exact) mass is 421 g/mol. The molecule has 0 saturated heterocycles. The van der Waals surface area contributed by atoms with Gasteiger partial charge in [-0.05, 0) is 43.2 Å². The van der Waals surface area contributed by atoms with Crippen LogP contribution in [0, 0.1) is 13.8 Å². The minimum atomic E-state index is -4.17. The second-order valence-electron chi connectivity index (χ2n) is 6.22. The van der Waals surface area contributed by atoms with Crippen molar-refractivity contribution in [3.8, 4) is 5.75 Å². The summed E-state index contributed by atoms with van der Waals surface area (Å²) in [6.45, 7) is 3.51. The van der Waals surface area contributed by atoms with Gasteiger partial charge in [-0.2, -0.15) is 8.42 Å². The van der Waals surface area contributed by atoms with E-state index >= 15 is 0 Å². The van der Waals surface area contributed by atoms with Crippen LogP contribution in [-0.2, 0) is 24.4 Å². The molecule has 0 aromatic heterocycles. The summed E-state index contributed by atoms with van der Waals surface area (Å²) < 4.78 is 40.4. The summed E-state index contributed by atoms with van der Waals surface area (Å²) in [5.41, 5.74) is 1.17. The third-order valence-corrected chi connectivity index (χ3v) is 5.26. The fraction of sp³-hybridized carbons (Fsp3) is 0.300. The lowest BCUT2D eigenvalue weighted by Gasteiger charge is -2.13. The van der Waals surface area contributed by atoms with Gasteiger partial charge in [0.25, 0.3) is 5.91 Å². The van der Waals surface area contributed by atoms with Crippen molar-refractivity contribution >= 4 is 22.0 Å². The predicted octanol–water partition coefficient (Wildman–Crippen LogP) is 1.99. The molecule has 1 N–H and O–H groups in total. The molecule has 0 aliphatic rings. The van der Waals surface area contributed by atoms with Crippen LogP contribution in [0.3, 0.4) is 0 Å². The molecule has 0 fully saturated rings. The van der Waals surface area contributed by atoms with Gasteiger partial charge < -0.3 is 19.0 Å². The van der Waals surface area contributed by atoms with E-state index in [1.165, 1.54) is 37.4 Å². The first-order valence-electron chi connectivity index (χ1n) is 8.78. The molecular formula is C20H23NO7S. The van der Waals surface area contributed by atoms with E-state index in [2.05, 4.69) is 5.32 Å². The molecule has 0 aliphatic carbocycles. The number of ether oxygens (including phenoxy) is 2. The van der Waals surface area contributed by atoms with Gasteiger partial charge in [0, 0.05) is 13.7 Å². The zero-order chi connectivity index (χ0) is 21.4. The average molecular weight is 421 g/mol. The molecule has 0 atom stereocenters. The number of carbonyl (C=O) groups excluding carboxylic acids is 2. The van der Waals surface area contributed by atoms with Crippen molar-refractivity contribution in [3.63, 3.8) is 0 Å². The van der Waals surface area contributed by atoms with E-state index in [-0.39, 0.29) is 22.8 Å². The van der Waals surface area contributed by atoms with Crippen LogP contribution in [0.4, 0.5) is 0 Å². The largest absolute Gasteiger partial charge is 0.452 e.